The molecule has 0 fully saturated rings. The monoisotopic (exact) mass is 554 g/mol. The Morgan fingerprint density at radius 1 is 1.13 bits per heavy atom. The number of alkyl halides is 3. The predicted molar refractivity (Wildman–Crippen MR) is 140 cm³/mol. The molecule has 2 N–H and O–H groups in total. The highest BCUT2D eigenvalue weighted by atomic mass is 19.4. The van der Waals surface area contributed by atoms with Crippen molar-refractivity contribution in [1.82, 2.24) is 9.80 Å². The Bertz CT molecular complexity index is 1150. The number of benzene rings is 2. The summed E-state index contributed by atoms with van der Waals surface area (Å²) in [5.74, 6) is -0.956. The lowest BCUT2D eigenvalue weighted by atomic mass is 10.0. The first-order valence-electron chi connectivity index (χ1n) is 12.6. The molecule has 2 aromatic rings. The fraction of sp³-hybridized carbons (Fsp3) is 0.481. The van der Waals surface area contributed by atoms with E-state index in [2.05, 4.69) is 10.6 Å². The van der Waals surface area contributed by atoms with Crippen molar-refractivity contribution in [2.75, 3.05) is 51.0 Å². The van der Waals surface area contributed by atoms with Gasteiger partial charge in [0.1, 0.15) is 18.2 Å². The Hall–Kier alpha value is -3.38. The van der Waals surface area contributed by atoms with Crippen LogP contribution in [0.2, 0.25) is 0 Å². The van der Waals surface area contributed by atoms with Crippen molar-refractivity contribution in [2.24, 2.45) is 5.92 Å². The average Bonchev–Trinajstić information content (AvgIpc) is 2.88. The van der Waals surface area contributed by atoms with E-state index in [1.165, 1.54) is 48.4 Å². The molecule has 0 aromatic heterocycles. The second-order valence-electron chi connectivity index (χ2n) is 9.73. The van der Waals surface area contributed by atoms with Gasteiger partial charge in [-0.15, -0.1) is 0 Å². The maximum atomic E-state index is 13.9. The minimum Gasteiger partial charge on any atom is -0.491 e. The zero-order chi connectivity index (χ0) is 28.7. The van der Waals surface area contributed by atoms with Crippen molar-refractivity contribution in [3.63, 3.8) is 0 Å². The highest BCUT2D eigenvalue weighted by Gasteiger charge is 2.32. The quantitative estimate of drug-likeness (QED) is 0.495. The average molecular weight is 555 g/mol. The number of fused-ring (bicyclic) bond motifs is 1. The first-order chi connectivity index (χ1) is 18.4. The Morgan fingerprint density at radius 3 is 2.51 bits per heavy atom. The number of rotatable bonds is 5. The second kappa shape index (κ2) is 13.1. The molecule has 0 spiro atoms. The molecule has 0 unspecified atom stereocenters. The van der Waals surface area contributed by atoms with Gasteiger partial charge in [0, 0.05) is 45.5 Å². The van der Waals surface area contributed by atoms with Gasteiger partial charge < -0.3 is 25.0 Å². The van der Waals surface area contributed by atoms with E-state index >= 15 is 0 Å². The van der Waals surface area contributed by atoms with Gasteiger partial charge in [-0.05, 0) is 43.2 Å². The molecule has 8 nitrogen and oxygen atoms in total. The normalized spacial score (nSPS) is 21.3. The van der Waals surface area contributed by atoms with Crippen molar-refractivity contribution >= 4 is 23.3 Å². The minimum absolute atomic E-state index is 0.00997. The van der Waals surface area contributed by atoms with Gasteiger partial charge in [0.05, 0.1) is 23.8 Å². The molecule has 3 rings (SSSR count). The fourth-order valence-corrected chi connectivity index (χ4v) is 4.36. The Kier molecular flexibility index (Phi) is 10.1. The maximum Gasteiger partial charge on any atom is 0.390 e. The molecule has 0 bridgehead atoms. The van der Waals surface area contributed by atoms with Gasteiger partial charge in [0.15, 0.2) is 0 Å². The lowest BCUT2D eigenvalue weighted by Crippen LogP contribution is -2.47. The van der Waals surface area contributed by atoms with Gasteiger partial charge in [-0.25, -0.2) is 9.18 Å². The van der Waals surface area contributed by atoms with Crippen LogP contribution in [-0.4, -0.2) is 80.5 Å². The Balaban J connectivity index is 1.86. The number of nitrogens with one attached hydrogen (secondary N) is 2. The smallest absolute Gasteiger partial charge is 0.390 e. The highest BCUT2D eigenvalue weighted by Crippen LogP contribution is 2.27. The summed E-state index contributed by atoms with van der Waals surface area (Å²) in [6, 6.07) is 9.06. The van der Waals surface area contributed by atoms with Crippen molar-refractivity contribution < 1.29 is 36.6 Å². The molecule has 3 amide bonds. The van der Waals surface area contributed by atoms with Gasteiger partial charge >= 0.3 is 12.2 Å². The summed E-state index contributed by atoms with van der Waals surface area (Å²) in [4.78, 5) is 29.1. The summed E-state index contributed by atoms with van der Waals surface area (Å²) >= 11 is 0. The van der Waals surface area contributed by atoms with Crippen LogP contribution in [0.5, 0.6) is 5.75 Å². The molecule has 0 aliphatic carbocycles. The molecule has 2 aromatic carbocycles. The second-order valence-corrected chi connectivity index (χ2v) is 9.73. The molecule has 1 heterocycles. The molecular formula is C27H34F4N4O4. The van der Waals surface area contributed by atoms with E-state index in [0.29, 0.717) is 6.54 Å². The molecule has 0 saturated carbocycles. The summed E-state index contributed by atoms with van der Waals surface area (Å²) in [6.07, 6.45) is -5.69. The van der Waals surface area contributed by atoms with Crippen LogP contribution in [0.3, 0.4) is 0 Å². The van der Waals surface area contributed by atoms with Gasteiger partial charge in [0.2, 0.25) is 0 Å². The van der Waals surface area contributed by atoms with Crippen molar-refractivity contribution in [2.45, 2.75) is 38.6 Å². The number of nitrogens with zero attached hydrogens (tertiary/aromatic N) is 2. The molecule has 3 atom stereocenters. The Labute approximate surface area is 225 Å². The first kappa shape index (κ1) is 30.2. The molecule has 214 valence electrons. The van der Waals surface area contributed by atoms with E-state index in [9.17, 15) is 27.2 Å². The van der Waals surface area contributed by atoms with Gasteiger partial charge in [0.25, 0.3) is 5.91 Å². The van der Waals surface area contributed by atoms with E-state index in [0.717, 1.165) is 0 Å². The molecule has 1 aliphatic rings. The zero-order valence-corrected chi connectivity index (χ0v) is 22.3. The lowest BCUT2D eigenvalue weighted by molar-refractivity contribution is -0.140. The topological polar surface area (TPSA) is 83.1 Å². The van der Waals surface area contributed by atoms with Crippen LogP contribution in [0.25, 0.3) is 0 Å². The van der Waals surface area contributed by atoms with Crippen LogP contribution in [-0.2, 0) is 4.74 Å². The van der Waals surface area contributed by atoms with E-state index in [-0.39, 0.29) is 54.2 Å². The summed E-state index contributed by atoms with van der Waals surface area (Å²) in [6.45, 7) is 3.99. The number of urea groups is 1. The summed E-state index contributed by atoms with van der Waals surface area (Å²) in [5, 5.41) is 4.99. The molecule has 0 radical (unpaired) electrons. The molecule has 39 heavy (non-hydrogen) atoms. The van der Waals surface area contributed by atoms with Crippen LogP contribution in [0.15, 0.2) is 42.5 Å². The van der Waals surface area contributed by atoms with E-state index in [1.54, 1.807) is 24.9 Å². The molecule has 12 heteroatoms. The van der Waals surface area contributed by atoms with Crippen molar-refractivity contribution in [3.8, 4) is 5.75 Å². The largest absolute Gasteiger partial charge is 0.491 e. The number of ether oxygens (including phenoxy) is 2. The van der Waals surface area contributed by atoms with Gasteiger partial charge in [-0.3, -0.25) is 9.69 Å². The van der Waals surface area contributed by atoms with Crippen LogP contribution < -0.4 is 15.4 Å². The molecule has 1 aliphatic heterocycles. The number of hydrogen-bond donors (Lipinski definition) is 2. The predicted octanol–water partition coefficient (Wildman–Crippen LogP) is 5.23. The number of likely N-dealkylation sites (N-methyl/N-ethyl adjacent to an activating group) is 1. The van der Waals surface area contributed by atoms with Crippen LogP contribution >= 0.6 is 0 Å². The maximum absolute atomic E-state index is 13.9. The van der Waals surface area contributed by atoms with Crippen LogP contribution in [0.1, 0.15) is 30.6 Å². The standard InChI is InChI=1S/C27H34F4N4O4/c1-17-14-35(12-11-27(29,30)31)18(2)16-39-23-10-9-19(13-20(23)25(36)34(3)15-24(17)38-4)32-26(37)33-22-8-6-5-7-21(22)28/h5-10,13,17-18,24H,11-12,14-16H2,1-4H3,(H2,32,33,37)/t17-,18+,24+/m1/s1. The Morgan fingerprint density at radius 2 is 1.85 bits per heavy atom. The van der Waals surface area contributed by atoms with Crippen molar-refractivity contribution in [1.29, 1.82) is 0 Å². The number of carbonyl (C=O) groups excluding carboxylic acids is 2. The SMILES string of the molecule is CO[C@H]1CN(C)C(=O)c2cc(NC(=O)Nc3ccccc3F)ccc2OC[C@H](C)N(CCC(F)(F)F)C[C@H]1C. The molecular weight excluding hydrogens is 520 g/mol. The van der Waals surface area contributed by atoms with E-state index in [1.807, 2.05) is 6.92 Å². The van der Waals surface area contributed by atoms with Gasteiger partial charge in [-0.1, -0.05) is 19.1 Å². The van der Waals surface area contributed by atoms with Crippen LogP contribution in [0, 0.1) is 11.7 Å². The number of hydrogen-bond acceptors (Lipinski definition) is 5. The third-order valence-electron chi connectivity index (χ3n) is 6.64. The zero-order valence-electron chi connectivity index (χ0n) is 22.3. The number of amides is 3. The molecule has 0 saturated heterocycles. The fourth-order valence-electron chi connectivity index (χ4n) is 4.36. The number of anilines is 2. The number of para-hydroxylation sites is 1. The summed E-state index contributed by atoms with van der Waals surface area (Å²) in [7, 11) is 3.09. The van der Waals surface area contributed by atoms with Crippen molar-refractivity contribution in [3.05, 3.63) is 53.8 Å². The third-order valence-corrected chi connectivity index (χ3v) is 6.64. The number of halogens is 4. The van der Waals surface area contributed by atoms with Gasteiger partial charge in [-0.2, -0.15) is 13.2 Å². The number of carbonyl (C=O) groups is 2. The number of methoxy groups -OCH3 is 1. The third kappa shape index (κ3) is 8.56. The van der Waals surface area contributed by atoms with Crippen LogP contribution in [0.4, 0.5) is 33.7 Å². The first-order valence-corrected chi connectivity index (χ1v) is 12.6. The summed E-state index contributed by atoms with van der Waals surface area (Å²) in [5.41, 5.74) is 0.402. The van der Waals surface area contributed by atoms with E-state index < -0.39 is 36.6 Å². The highest BCUT2D eigenvalue weighted by molar-refractivity contribution is 6.02. The lowest BCUT2D eigenvalue weighted by Gasteiger charge is -2.36. The minimum atomic E-state index is -4.30. The summed E-state index contributed by atoms with van der Waals surface area (Å²) < 4.78 is 64.5. The van der Waals surface area contributed by atoms with E-state index in [4.69, 9.17) is 9.47 Å².